The summed E-state index contributed by atoms with van der Waals surface area (Å²) in [6.45, 7) is 1.55. The van der Waals surface area contributed by atoms with Crippen LogP contribution in [0.1, 0.15) is 18.8 Å². The molecule has 0 spiro atoms. The number of nitrogens with zero attached hydrogens (tertiary/aromatic N) is 3. The molecule has 0 amide bonds. The summed E-state index contributed by atoms with van der Waals surface area (Å²) in [7, 11) is -3.86. The van der Waals surface area contributed by atoms with Crippen LogP contribution < -0.4 is 4.72 Å². The van der Waals surface area contributed by atoms with E-state index < -0.39 is 21.9 Å². The molecule has 102 valence electrons. The molecule has 0 aliphatic rings. The Hall–Kier alpha value is -1.39. The van der Waals surface area contributed by atoms with Crippen LogP contribution >= 0.6 is 15.9 Å². The molecule has 0 saturated heterocycles. The molecule has 1 aromatic heterocycles. The van der Waals surface area contributed by atoms with E-state index in [4.69, 9.17) is 0 Å². The van der Waals surface area contributed by atoms with Gasteiger partial charge in [0.05, 0.1) is 15.4 Å². The average molecular weight is 350 g/mol. The Balaban J connectivity index is 2.25. The fourth-order valence-electron chi connectivity index (χ4n) is 1.35. The molecule has 7 nitrogen and oxygen atoms in total. The highest BCUT2D eigenvalue weighted by Gasteiger charge is 2.21. The number of halogens is 2. The number of hydrogen-bond acceptors (Lipinski definition) is 5. The minimum Gasteiger partial charge on any atom is -0.207 e. The Kier molecular flexibility index (Phi) is 3.92. The van der Waals surface area contributed by atoms with Crippen molar-refractivity contribution in [3.05, 3.63) is 34.3 Å². The van der Waals surface area contributed by atoms with Crippen molar-refractivity contribution in [3.8, 4) is 0 Å². The second kappa shape index (κ2) is 5.31. The van der Waals surface area contributed by atoms with Crippen molar-refractivity contribution in [1.82, 2.24) is 25.3 Å². The van der Waals surface area contributed by atoms with E-state index in [2.05, 4.69) is 41.3 Å². The molecule has 1 heterocycles. The highest BCUT2D eigenvalue weighted by molar-refractivity contribution is 9.10. The van der Waals surface area contributed by atoms with Gasteiger partial charge >= 0.3 is 0 Å². The van der Waals surface area contributed by atoms with Crippen LogP contribution in [0.25, 0.3) is 0 Å². The zero-order valence-corrected chi connectivity index (χ0v) is 12.0. The summed E-state index contributed by atoms with van der Waals surface area (Å²) in [6, 6.07) is 2.85. The van der Waals surface area contributed by atoms with Gasteiger partial charge in [0.15, 0.2) is 5.82 Å². The standard InChI is InChI=1S/C9H9BrFN5O2S/c1-5(9-12-15-16-13-9)14-19(17,18)6-2-3-7(10)8(11)4-6/h2-5,14H,1H3,(H,12,13,15,16). The second-order valence-corrected chi connectivity index (χ2v) is 6.26. The van der Waals surface area contributed by atoms with Crippen LogP contribution in [0, 0.1) is 5.82 Å². The van der Waals surface area contributed by atoms with Crippen LogP contribution in [0.2, 0.25) is 0 Å². The number of H-pyrrole nitrogens is 1. The first-order valence-electron chi connectivity index (χ1n) is 5.11. The number of benzene rings is 1. The largest absolute Gasteiger partial charge is 0.241 e. The van der Waals surface area contributed by atoms with Gasteiger partial charge in [-0.15, -0.1) is 10.2 Å². The number of aromatic amines is 1. The van der Waals surface area contributed by atoms with Crippen molar-refractivity contribution in [2.45, 2.75) is 17.9 Å². The summed E-state index contributed by atoms with van der Waals surface area (Å²) in [5.41, 5.74) is 0. The van der Waals surface area contributed by atoms with E-state index in [-0.39, 0.29) is 15.2 Å². The van der Waals surface area contributed by atoms with Crippen molar-refractivity contribution < 1.29 is 12.8 Å². The number of nitrogens with one attached hydrogen (secondary N) is 2. The normalized spacial score (nSPS) is 13.4. The zero-order valence-electron chi connectivity index (χ0n) is 9.63. The molecule has 2 aromatic rings. The third kappa shape index (κ3) is 3.14. The zero-order chi connectivity index (χ0) is 14.0. The van der Waals surface area contributed by atoms with E-state index in [9.17, 15) is 12.8 Å². The Morgan fingerprint density at radius 1 is 1.47 bits per heavy atom. The molecule has 0 aliphatic carbocycles. The Bertz CT molecular complexity index is 676. The highest BCUT2D eigenvalue weighted by Crippen LogP contribution is 2.20. The van der Waals surface area contributed by atoms with Gasteiger partial charge in [-0.1, -0.05) is 5.21 Å². The first-order chi connectivity index (χ1) is 8.90. The molecule has 10 heteroatoms. The Labute approximate surface area is 116 Å². The third-order valence-electron chi connectivity index (χ3n) is 2.28. The smallest absolute Gasteiger partial charge is 0.207 e. The maximum atomic E-state index is 13.3. The molecule has 1 atom stereocenters. The molecule has 1 unspecified atom stereocenters. The average Bonchev–Trinajstić information content (AvgIpc) is 2.85. The molecule has 2 N–H and O–H groups in total. The minimum atomic E-state index is -3.86. The molecule has 2 rings (SSSR count). The van der Waals surface area contributed by atoms with Gasteiger partial charge in [-0.25, -0.2) is 17.5 Å². The molecule has 0 aliphatic heterocycles. The number of tetrazole rings is 1. The number of sulfonamides is 1. The maximum Gasteiger partial charge on any atom is 0.241 e. The SMILES string of the molecule is CC(NS(=O)(=O)c1ccc(Br)c(F)c1)c1nn[nH]n1. The van der Waals surface area contributed by atoms with E-state index in [1.165, 1.54) is 12.1 Å². The molecule has 1 aromatic carbocycles. The molecular formula is C9H9BrFN5O2S. The lowest BCUT2D eigenvalue weighted by Crippen LogP contribution is -2.27. The van der Waals surface area contributed by atoms with Gasteiger partial charge in [-0.2, -0.15) is 5.21 Å². The van der Waals surface area contributed by atoms with Crippen LogP contribution in [0.4, 0.5) is 4.39 Å². The molecule has 0 bridgehead atoms. The van der Waals surface area contributed by atoms with Crippen LogP contribution in [0.15, 0.2) is 27.6 Å². The van der Waals surface area contributed by atoms with Crippen LogP contribution in [0.3, 0.4) is 0 Å². The first kappa shape index (κ1) is 14.0. The third-order valence-corrected chi connectivity index (χ3v) is 4.46. The summed E-state index contributed by atoms with van der Waals surface area (Å²) < 4.78 is 39.9. The molecule has 0 saturated carbocycles. The van der Waals surface area contributed by atoms with Crippen molar-refractivity contribution >= 4 is 26.0 Å². The summed E-state index contributed by atoms with van der Waals surface area (Å²) in [4.78, 5) is -0.177. The molecule has 0 radical (unpaired) electrons. The summed E-state index contributed by atoms with van der Waals surface area (Å²) >= 11 is 2.96. The maximum absolute atomic E-state index is 13.3. The van der Waals surface area contributed by atoms with Crippen molar-refractivity contribution in [1.29, 1.82) is 0 Å². The molecular weight excluding hydrogens is 341 g/mol. The predicted octanol–water partition coefficient (Wildman–Crippen LogP) is 1.14. The van der Waals surface area contributed by atoms with Crippen molar-refractivity contribution in [2.75, 3.05) is 0 Å². The van der Waals surface area contributed by atoms with Gasteiger partial charge in [0.2, 0.25) is 10.0 Å². The van der Waals surface area contributed by atoms with Gasteiger partial charge in [-0.05, 0) is 41.1 Å². The Morgan fingerprint density at radius 3 is 2.79 bits per heavy atom. The van der Waals surface area contributed by atoms with E-state index in [0.29, 0.717) is 0 Å². The number of rotatable bonds is 4. The van der Waals surface area contributed by atoms with Gasteiger partial charge in [-0.3, -0.25) is 0 Å². The first-order valence-corrected chi connectivity index (χ1v) is 7.38. The van der Waals surface area contributed by atoms with Crippen molar-refractivity contribution in [2.24, 2.45) is 0 Å². The minimum absolute atomic E-state index is 0.177. The fraction of sp³-hybridized carbons (Fsp3) is 0.222. The van der Waals surface area contributed by atoms with Gasteiger partial charge in [0, 0.05) is 0 Å². The summed E-state index contributed by atoms with van der Waals surface area (Å²) in [5, 5.41) is 12.9. The lowest BCUT2D eigenvalue weighted by atomic mass is 10.3. The van der Waals surface area contributed by atoms with Crippen molar-refractivity contribution in [3.63, 3.8) is 0 Å². The number of hydrogen-bond donors (Lipinski definition) is 2. The van der Waals surface area contributed by atoms with Crippen LogP contribution in [0.5, 0.6) is 0 Å². The quantitative estimate of drug-likeness (QED) is 0.861. The summed E-state index contributed by atoms with van der Waals surface area (Å²) in [5.74, 6) is -0.462. The number of aromatic nitrogens is 4. The van der Waals surface area contributed by atoms with Gasteiger partial charge in [0.1, 0.15) is 5.82 Å². The van der Waals surface area contributed by atoms with Crippen LogP contribution in [-0.4, -0.2) is 29.0 Å². The lowest BCUT2D eigenvalue weighted by Gasteiger charge is -2.11. The topological polar surface area (TPSA) is 101 Å². The predicted molar refractivity (Wildman–Crippen MR) is 67.0 cm³/mol. The van der Waals surface area contributed by atoms with E-state index in [1.807, 2.05) is 0 Å². The fourth-order valence-corrected chi connectivity index (χ4v) is 2.81. The summed E-state index contributed by atoms with van der Waals surface area (Å²) in [6.07, 6.45) is 0. The second-order valence-electron chi connectivity index (χ2n) is 3.69. The van der Waals surface area contributed by atoms with Crippen LogP contribution in [-0.2, 0) is 10.0 Å². The molecule has 19 heavy (non-hydrogen) atoms. The lowest BCUT2D eigenvalue weighted by molar-refractivity contribution is 0.557. The Morgan fingerprint density at radius 2 is 2.21 bits per heavy atom. The molecule has 0 fully saturated rings. The van der Waals surface area contributed by atoms with E-state index in [0.717, 1.165) is 6.07 Å². The van der Waals surface area contributed by atoms with E-state index in [1.54, 1.807) is 6.92 Å². The monoisotopic (exact) mass is 349 g/mol. The van der Waals surface area contributed by atoms with Gasteiger partial charge in [0.25, 0.3) is 0 Å². The van der Waals surface area contributed by atoms with E-state index >= 15 is 0 Å². The van der Waals surface area contributed by atoms with Gasteiger partial charge < -0.3 is 0 Å². The highest BCUT2D eigenvalue weighted by atomic mass is 79.9.